The average Bonchev–Trinajstić information content (AvgIpc) is 2.62. The van der Waals surface area contributed by atoms with Gasteiger partial charge in [0.05, 0.1) is 5.69 Å². The zero-order chi connectivity index (χ0) is 13.2. The van der Waals surface area contributed by atoms with Gasteiger partial charge in [-0.2, -0.15) is 0 Å². The molecule has 0 saturated carbocycles. The van der Waals surface area contributed by atoms with E-state index in [1.807, 2.05) is 12.1 Å². The molecule has 19 heavy (non-hydrogen) atoms. The number of nitrogens with two attached hydrogens (primary N) is 1. The highest BCUT2D eigenvalue weighted by Crippen LogP contribution is 2.30. The number of nitrogens with zero attached hydrogens (tertiary/aromatic N) is 1. The van der Waals surface area contributed by atoms with Crippen LogP contribution in [0.5, 0.6) is 0 Å². The second-order valence-electron chi connectivity index (χ2n) is 4.97. The van der Waals surface area contributed by atoms with Crippen LogP contribution < -0.4 is 10.6 Å². The molecule has 0 aromatic heterocycles. The van der Waals surface area contributed by atoms with Crippen molar-refractivity contribution in [2.24, 2.45) is 0 Å². The predicted molar refractivity (Wildman–Crippen MR) is 84.6 cm³/mol. The van der Waals surface area contributed by atoms with E-state index in [-0.39, 0.29) is 0 Å². The van der Waals surface area contributed by atoms with E-state index in [4.69, 9.17) is 5.73 Å². The summed E-state index contributed by atoms with van der Waals surface area (Å²) in [6, 6.07) is 14.8. The van der Waals surface area contributed by atoms with E-state index in [9.17, 15) is 0 Å². The number of rotatable bonds is 1. The minimum absolute atomic E-state index is 0.800. The Balaban J connectivity index is 1.85. The average molecular weight is 317 g/mol. The summed E-state index contributed by atoms with van der Waals surface area (Å²) in [4.78, 5) is 2.43. The second-order valence-corrected chi connectivity index (χ2v) is 5.82. The lowest BCUT2D eigenvalue weighted by molar-refractivity contribution is 0.804. The molecule has 98 valence electrons. The number of hydrogen-bond donors (Lipinski definition) is 1. The van der Waals surface area contributed by atoms with E-state index in [1.165, 1.54) is 16.8 Å². The number of anilines is 2. The highest BCUT2D eigenvalue weighted by Gasteiger charge is 2.15. The van der Waals surface area contributed by atoms with Gasteiger partial charge in [-0.15, -0.1) is 0 Å². The van der Waals surface area contributed by atoms with Gasteiger partial charge < -0.3 is 10.6 Å². The number of nitrogen functional groups attached to an aromatic ring is 1. The molecule has 2 aromatic rings. The van der Waals surface area contributed by atoms with E-state index in [0.717, 1.165) is 36.1 Å². The zero-order valence-corrected chi connectivity index (χ0v) is 12.4. The fourth-order valence-electron chi connectivity index (χ4n) is 2.69. The first kappa shape index (κ1) is 12.5. The third kappa shape index (κ3) is 2.61. The molecule has 1 heterocycles. The molecular weight excluding hydrogens is 300 g/mol. The largest absolute Gasteiger partial charge is 0.399 e. The van der Waals surface area contributed by atoms with Crippen molar-refractivity contribution in [1.82, 2.24) is 0 Å². The van der Waals surface area contributed by atoms with Crippen LogP contribution in [0.25, 0.3) is 0 Å². The number of halogens is 1. The molecule has 0 bridgehead atoms. The van der Waals surface area contributed by atoms with E-state index < -0.39 is 0 Å². The van der Waals surface area contributed by atoms with E-state index >= 15 is 0 Å². The van der Waals surface area contributed by atoms with Crippen LogP contribution in [0, 0.1) is 0 Å². The van der Waals surface area contributed by atoms with Crippen molar-refractivity contribution >= 4 is 27.3 Å². The zero-order valence-electron chi connectivity index (χ0n) is 10.8. The molecule has 0 unspecified atom stereocenters. The molecule has 0 atom stereocenters. The van der Waals surface area contributed by atoms with Gasteiger partial charge in [0, 0.05) is 23.2 Å². The van der Waals surface area contributed by atoms with Crippen molar-refractivity contribution in [3.8, 4) is 0 Å². The summed E-state index contributed by atoms with van der Waals surface area (Å²) in [5.74, 6) is 0. The van der Waals surface area contributed by atoms with Crippen LogP contribution in [-0.4, -0.2) is 13.1 Å². The third-order valence-corrected chi connectivity index (χ3v) is 4.37. The molecule has 3 heteroatoms. The molecule has 1 aliphatic rings. The maximum absolute atomic E-state index is 5.81. The number of benzene rings is 2. The molecule has 0 radical (unpaired) electrons. The minimum Gasteiger partial charge on any atom is -0.399 e. The van der Waals surface area contributed by atoms with Gasteiger partial charge in [-0.05, 0) is 58.1 Å². The summed E-state index contributed by atoms with van der Waals surface area (Å²) in [7, 11) is 0. The SMILES string of the molecule is Nc1ccc(N2CCc3ccccc3CC2)c(Br)c1. The molecule has 2 N–H and O–H groups in total. The van der Waals surface area contributed by atoms with Gasteiger partial charge >= 0.3 is 0 Å². The summed E-state index contributed by atoms with van der Waals surface area (Å²) >= 11 is 3.62. The molecule has 3 rings (SSSR count). The quantitative estimate of drug-likeness (QED) is 0.814. The monoisotopic (exact) mass is 316 g/mol. The first-order valence-electron chi connectivity index (χ1n) is 6.61. The Morgan fingerprint density at radius 2 is 1.58 bits per heavy atom. The third-order valence-electron chi connectivity index (χ3n) is 3.73. The first-order valence-corrected chi connectivity index (χ1v) is 7.40. The molecule has 0 spiro atoms. The molecule has 1 aliphatic heterocycles. The minimum atomic E-state index is 0.800. The van der Waals surface area contributed by atoms with E-state index in [2.05, 4.69) is 51.2 Å². The van der Waals surface area contributed by atoms with Gasteiger partial charge in [-0.1, -0.05) is 24.3 Å². The maximum Gasteiger partial charge on any atom is 0.0512 e. The highest BCUT2D eigenvalue weighted by atomic mass is 79.9. The summed E-state index contributed by atoms with van der Waals surface area (Å²) < 4.78 is 1.08. The molecule has 2 aromatic carbocycles. The van der Waals surface area contributed by atoms with Gasteiger partial charge in [0.15, 0.2) is 0 Å². The Morgan fingerprint density at radius 3 is 2.16 bits per heavy atom. The topological polar surface area (TPSA) is 29.3 Å². The highest BCUT2D eigenvalue weighted by molar-refractivity contribution is 9.10. The lowest BCUT2D eigenvalue weighted by atomic mass is 10.0. The summed E-state index contributed by atoms with van der Waals surface area (Å²) in [6.45, 7) is 2.11. The fourth-order valence-corrected chi connectivity index (χ4v) is 3.34. The standard InChI is InChI=1S/C16H17BrN2/c17-15-11-14(18)5-6-16(15)19-9-7-12-3-1-2-4-13(12)8-10-19/h1-6,11H,7-10,18H2. The van der Waals surface area contributed by atoms with E-state index in [0.29, 0.717) is 0 Å². The number of hydrogen-bond acceptors (Lipinski definition) is 2. The van der Waals surface area contributed by atoms with Crippen LogP contribution in [-0.2, 0) is 12.8 Å². The van der Waals surface area contributed by atoms with Crippen LogP contribution in [0.4, 0.5) is 11.4 Å². The predicted octanol–water partition coefficient (Wildman–Crippen LogP) is 3.64. The second kappa shape index (κ2) is 5.25. The van der Waals surface area contributed by atoms with Crippen LogP contribution in [0.15, 0.2) is 46.9 Å². The fraction of sp³-hybridized carbons (Fsp3) is 0.250. The lowest BCUT2D eigenvalue weighted by Gasteiger charge is -2.24. The summed E-state index contributed by atoms with van der Waals surface area (Å²) in [5, 5.41) is 0. The van der Waals surface area contributed by atoms with Gasteiger partial charge in [-0.3, -0.25) is 0 Å². The molecule has 2 nitrogen and oxygen atoms in total. The van der Waals surface area contributed by atoms with Gasteiger partial charge in [0.2, 0.25) is 0 Å². The van der Waals surface area contributed by atoms with Gasteiger partial charge in [0.25, 0.3) is 0 Å². The normalized spacial score (nSPS) is 14.9. The summed E-state index contributed by atoms with van der Waals surface area (Å²) in [5.41, 5.74) is 10.8. The smallest absolute Gasteiger partial charge is 0.0512 e. The van der Waals surface area contributed by atoms with Crippen molar-refractivity contribution in [2.45, 2.75) is 12.8 Å². The Labute approximate surface area is 122 Å². The molecular formula is C16H17BrN2. The van der Waals surface area contributed by atoms with Crippen LogP contribution in [0.1, 0.15) is 11.1 Å². The molecule has 0 fully saturated rings. The van der Waals surface area contributed by atoms with Crippen LogP contribution >= 0.6 is 15.9 Å². The van der Waals surface area contributed by atoms with Crippen LogP contribution in [0.2, 0.25) is 0 Å². The summed E-state index contributed by atoms with van der Waals surface area (Å²) in [6.07, 6.45) is 2.21. The van der Waals surface area contributed by atoms with Gasteiger partial charge in [-0.25, -0.2) is 0 Å². The van der Waals surface area contributed by atoms with Crippen LogP contribution in [0.3, 0.4) is 0 Å². The Hall–Kier alpha value is -1.48. The maximum atomic E-state index is 5.81. The van der Waals surface area contributed by atoms with Crippen molar-refractivity contribution in [1.29, 1.82) is 0 Å². The van der Waals surface area contributed by atoms with Crippen molar-refractivity contribution in [3.05, 3.63) is 58.1 Å². The lowest BCUT2D eigenvalue weighted by Crippen LogP contribution is -2.26. The molecule has 0 amide bonds. The van der Waals surface area contributed by atoms with E-state index in [1.54, 1.807) is 0 Å². The van der Waals surface area contributed by atoms with Crippen molar-refractivity contribution in [3.63, 3.8) is 0 Å². The molecule has 0 saturated heterocycles. The number of fused-ring (bicyclic) bond motifs is 1. The Bertz CT molecular complexity index is 568. The first-order chi connectivity index (χ1) is 9.24. The molecule has 0 aliphatic carbocycles. The van der Waals surface area contributed by atoms with Gasteiger partial charge in [0.1, 0.15) is 0 Å². The Morgan fingerprint density at radius 1 is 0.947 bits per heavy atom. The van der Waals surface area contributed by atoms with Crippen molar-refractivity contribution < 1.29 is 0 Å². The Kier molecular flexibility index (Phi) is 3.47. The van der Waals surface area contributed by atoms with Crippen molar-refractivity contribution in [2.75, 3.05) is 23.7 Å².